The normalized spacial score (nSPS) is 11.5. The van der Waals surface area contributed by atoms with E-state index in [0.717, 1.165) is 17.5 Å². The molecule has 2 aromatic rings. The molecule has 1 N–H and O–H groups in total. The first-order valence-corrected chi connectivity index (χ1v) is 9.80. The Morgan fingerprint density at radius 1 is 0.931 bits per heavy atom. The number of hydrogen-bond donors (Lipinski definition) is 1. The first-order chi connectivity index (χ1) is 14.1. The molecule has 0 heterocycles. The van der Waals surface area contributed by atoms with Crippen molar-refractivity contribution < 1.29 is 19.4 Å². The third-order valence-electron chi connectivity index (χ3n) is 4.18. The smallest absolute Gasteiger partial charge is 0.185 e. The van der Waals surface area contributed by atoms with Crippen LogP contribution in [-0.2, 0) is 22.3 Å². The van der Waals surface area contributed by atoms with Crippen LogP contribution in [0.25, 0.3) is 6.08 Å². The van der Waals surface area contributed by atoms with E-state index >= 15 is 0 Å². The van der Waals surface area contributed by atoms with Gasteiger partial charge >= 0.3 is 0 Å². The lowest BCUT2D eigenvalue weighted by molar-refractivity contribution is 0.104. The Balaban J connectivity index is 2.18. The van der Waals surface area contributed by atoms with Crippen molar-refractivity contribution in [1.29, 1.82) is 0 Å². The minimum Gasteiger partial charge on any atom is -0.508 e. The van der Waals surface area contributed by atoms with Crippen LogP contribution >= 0.6 is 0 Å². The van der Waals surface area contributed by atoms with Gasteiger partial charge in [-0.25, -0.2) is 0 Å². The average molecular weight is 392 g/mol. The number of phenolic OH excluding ortho intramolecular Hbond substituents is 1. The summed E-state index contributed by atoms with van der Waals surface area (Å²) in [5.41, 5.74) is 3.80. The highest BCUT2D eigenvalue weighted by atomic mass is 16.5. The minimum absolute atomic E-state index is 0.107. The van der Waals surface area contributed by atoms with Crippen LogP contribution in [0.1, 0.15) is 40.9 Å². The van der Waals surface area contributed by atoms with Gasteiger partial charge in [-0.2, -0.15) is 0 Å². The van der Waals surface area contributed by atoms with Crippen molar-refractivity contribution in [2.24, 2.45) is 0 Å². The molecule has 0 unspecified atom stereocenters. The number of carbonyl (C=O) groups excluding carboxylic acids is 1. The topological polar surface area (TPSA) is 55.8 Å². The number of aromatic hydroxyl groups is 1. The van der Waals surface area contributed by atoms with E-state index in [-0.39, 0.29) is 11.5 Å². The summed E-state index contributed by atoms with van der Waals surface area (Å²) in [7, 11) is 0. The summed E-state index contributed by atoms with van der Waals surface area (Å²) >= 11 is 0. The number of ether oxygens (including phenoxy) is 2. The molecule has 2 rings (SSSR count). The molecule has 0 spiro atoms. The quantitative estimate of drug-likeness (QED) is 0.313. The third kappa shape index (κ3) is 7.70. The van der Waals surface area contributed by atoms with Crippen molar-refractivity contribution in [3.05, 3.63) is 95.5 Å². The summed E-state index contributed by atoms with van der Waals surface area (Å²) in [5, 5.41) is 9.36. The summed E-state index contributed by atoms with van der Waals surface area (Å²) in [6.07, 6.45) is 12.3. The number of phenols is 1. The van der Waals surface area contributed by atoms with Crippen LogP contribution in [0.2, 0.25) is 0 Å². The van der Waals surface area contributed by atoms with Gasteiger partial charge in [0.2, 0.25) is 0 Å². The van der Waals surface area contributed by atoms with Crippen molar-refractivity contribution >= 4 is 11.9 Å². The number of carbonyl (C=O) groups is 1. The van der Waals surface area contributed by atoms with E-state index < -0.39 is 0 Å². The van der Waals surface area contributed by atoms with Crippen molar-refractivity contribution in [3.8, 4) is 5.75 Å². The Bertz CT molecular complexity index is 861. The fourth-order valence-electron chi connectivity index (χ4n) is 2.70. The van der Waals surface area contributed by atoms with Crippen LogP contribution in [0.3, 0.4) is 0 Å². The molecule has 0 radical (unpaired) electrons. The molecule has 0 saturated carbocycles. The Hall–Kier alpha value is -3.27. The lowest BCUT2D eigenvalue weighted by atomic mass is 9.98. The van der Waals surface area contributed by atoms with Crippen LogP contribution in [0.15, 0.2) is 73.2 Å². The van der Waals surface area contributed by atoms with E-state index in [2.05, 4.69) is 12.1 Å². The Morgan fingerprint density at radius 2 is 1.59 bits per heavy atom. The molecule has 2 aromatic carbocycles. The molecule has 0 aliphatic heterocycles. The molecule has 0 aliphatic carbocycles. The van der Waals surface area contributed by atoms with Gasteiger partial charge in [0.25, 0.3) is 0 Å². The molecule has 0 amide bonds. The monoisotopic (exact) mass is 392 g/mol. The summed E-state index contributed by atoms with van der Waals surface area (Å²) in [6, 6.07) is 12.5. The maximum absolute atomic E-state index is 12.4. The molecule has 0 bridgehead atoms. The van der Waals surface area contributed by atoms with E-state index in [0.29, 0.717) is 25.2 Å². The molecule has 0 aromatic heterocycles. The Kier molecular flexibility index (Phi) is 9.30. The largest absolute Gasteiger partial charge is 0.508 e. The number of allylic oxidation sites excluding steroid dienone is 3. The second kappa shape index (κ2) is 12.2. The zero-order chi connectivity index (χ0) is 20.9. The van der Waals surface area contributed by atoms with Gasteiger partial charge < -0.3 is 14.6 Å². The van der Waals surface area contributed by atoms with Crippen molar-refractivity contribution in [3.63, 3.8) is 0 Å². The van der Waals surface area contributed by atoms with Crippen LogP contribution in [0.5, 0.6) is 5.75 Å². The Morgan fingerprint density at radius 3 is 2.24 bits per heavy atom. The highest BCUT2D eigenvalue weighted by molar-refractivity contribution is 6.06. The molecule has 0 fully saturated rings. The van der Waals surface area contributed by atoms with Gasteiger partial charge in [-0.3, -0.25) is 4.79 Å². The van der Waals surface area contributed by atoms with E-state index in [1.807, 2.05) is 38.1 Å². The summed E-state index contributed by atoms with van der Waals surface area (Å²) < 4.78 is 10.5. The van der Waals surface area contributed by atoms with Crippen molar-refractivity contribution in [2.75, 3.05) is 13.2 Å². The van der Waals surface area contributed by atoms with Crippen LogP contribution < -0.4 is 0 Å². The average Bonchev–Trinajstić information content (AvgIpc) is 2.74. The molecule has 4 heteroatoms. The van der Waals surface area contributed by atoms with Gasteiger partial charge in [0.15, 0.2) is 5.78 Å². The number of ketones is 1. The van der Waals surface area contributed by atoms with Gasteiger partial charge in [0.05, 0.1) is 25.7 Å². The van der Waals surface area contributed by atoms with Crippen LogP contribution in [0.4, 0.5) is 0 Å². The molecule has 0 aliphatic rings. The fraction of sp³-hybridized carbons (Fsp3) is 0.240. The van der Waals surface area contributed by atoms with E-state index in [4.69, 9.17) is 9.47 Å². The number of rotatable bonds is 11. The van der Waals surface area contributed by atoms with Crippen LogP contribution in [0, 0.1) is 0 Å². The lowest BCUT2D eigenvalue weighted by Gasteiger charge is -2.07. The van der Waals surface area contributed by atoms with Gasteiger partial charge in [-0.15, -0.1) is 0 Å². The summed E-state index contributed by atoms with van der Waals surface area (Å²) in [5.74, 6) is 0.0346. The molecule has 152 valence electrons. The summed E-state index contributed by atoms with van der Waals surface area (Å²) in [4.78, 5) is 12.4. The second-order valence-electron chi connectivity index (χ2n) is 6.34. The maximum atomic E-state index is 12.4. The molecule has 4 nitrogen and oxygen atoms in total. The first-order valence-electron chi connectivity index (χ1n) is 9.80. The second-order valence-corrected chi connectivity index (χ2v) is 6.34. The Labute approximate surface area is 172 Å². The van der Waals surface area contributed by atoms with Gasteiger partial charge in [0, 0.05) is 5.56 Å². The highest BCUT2D eigenvalue weighted by Gasteiger charge is 2.04. The first kappa shape index (κ1) is 22.0. The maximum Gasteiger partial charge on any atom is 0.185 e. The van der Waals surface area contributed by atoms with E-state index in [1.165, 1.54) is 17.7 Å². The minimum atomic E-state index is -0.107. The van der Waals surface area contributed by atoms with Crippen molar-refractivity contribution in [1.82, 2.24) is 0 Å². The lowest BCUT2D eigenvalue weighted by Crippen LogP contribution is -1.95. The molecule has 0 atom stereocenters. The standard InChI is InChI=1S/C25H28O4/c1-3-28-17-5-7-20-9-10-21(23(19-20)8-6-18-29-4-2)13-16-25(27)22-11-14-24(26)15-12-22/h5-6,9-19,26H,3-4,7-8H2,1-2H3. The summed E-state index contributed by atoms with van der Waals surface area (Å²) in [6.45, 7) is 5.18. The third-order valence-corrected chi connectivity index (χ3v) is 4.18. The van der Waals surface area contributed by atoms with E-state index in [1.54, 1.807) is 30.7 Å². The zero-order valence-corrected chi connectivity index (χ0v) is 17.0. The van der Waals surface area contributed by atoms with Gasteiger partial charge in [-0.05, 0) is 85.9 Å². The molecular formula is C25H28O4. The van der Waals surface area contributed by atoms with E-state index in [9.17, 15) is 9.90 Å². The van der Waals surface area contributed by atoms with Gasteiger partial charge in [-0.1, -0.05) is 24.3 Å². The van der Waals surface area contributed by atoms with Crippen molar-refractivity contribution in [2.45, 2.75) is 26.7 Å². The molecule has 0 saturated heterocycles. The number of benzene rings is 2. The molecular weight excluding hydrogens is 364 g/mol. The van der Waals surface area contributed by atoms with Crippen LogP contribution in [-0.4, -0.2) is 24.1 Å². The highest BCUT2D eigenvalue weighted by Crippen LogP contribution is 2.17. The molecule has 29 heavy (non-hydrogen) atoms. The predicted octanol–water partition coefficient (Wildman–Crippen LogP) is 5.47. The number of hydrogen-bond acceptors (Lipinski definition) is 4. The fourth-order valence-corrected chi connectivity index (χ4v) is 2.70. The van der Waals surface area contributed by atoms with Gasteiger partial charge in [0.1, 0.15) is 5.75 Å². The predicted molar refractivity (Wildman–Crippen MR) is 117 cm³/mol. The SMILES string of the molecule is CCOC=CCc1ccc(C=CC(=O)c2ccc(O)cc2)c(CC=COCC)c1. The zero-order valence-electron chi connectivity index (χ0n) is 17.0.